The van der Waals surface area contributed by atoms with Crippen LogP contribution in [0.15, 0.2) is 59.6 Å². The lowest BCUT2D eigenvalue weighted by atomic mass is 9.98. The first-order valence-electron chi connectivity index (χ1n) is 6.95. The summed E-state index contributed by atoms with van der Waals surface area (Å²) < 4.78 is 5.20. The molecule has 0 amide bonds. The number of aliphatic imine (C=N–C) groups is 1. The van der Waals surface area contributed by atoms with E-state index in [9.17, 15) is 0 Å². The monoisotopic (exact) mass is 298 g/mol. The van der Waals surface area contributed by atoms with E-state index in [4.69, 9.17) is 10.5 Å². The Bertz CT molecular complexity index is 625. The molecule has 21 heavy (non-hydrogen) atoms. The fourth-order valence-electron chi connectivity index (χ4n) is 2.54. The lowest BCUT2D eigenvalue weighted by molar-refractivity contribution is 0.414. The van der Waals surface area contributed by atoms with Crippen molar-refractivity contribution in [3.8, 4) is 5.75 Å². The van der Waals surface area contributed by atoms with Gasteiger partial charge in [-0.25, -0.2) is 0 Å². The first-order valence-corrected chi connectivity index (χ1v) is 7.83. The van der Waals surface area contributed by atoms with E-state index in [1.807, 2.05) is 18.2 Å². The van der Waals surface area contributed by atoms with E-state index < -0.39 is 0 Å². The Kier molecular flexibility index (Phi) is 4.15. The minimum atomic E-state index is 0.113. The zero-order valence-electron chi connectivity index (χ0n) is 11.9. The Hall–Kier alpha value is -1.94. The maximum atomic E-state index is 6.03. The number of benzene rings is 2. The van der Waals surface area contributed by atoms with Crippen molar-refractivity contribution in [3.05, 3.63) is 65.7 Å². The molecule has 2 aromatic rings. The average Bonchev–Trinajstić information content (AvgIpc) is 2.55. The van der Waals surface area contributed by atoms with Crippen molar-refractivity contribution in [1.29, 1.82) is 0 Å². The molecule has 0 unspecified atom stereocenters. The number of nitrogens with zero attached hydrogens (tertiary/aromatic N) is 1. The van der Waals surface area contributed by atoms with Gasteiger partial charge in [-0.15, -0.1) is 0 Å². The summed E-state index contributed by atoms with van der Waals surface area (Å²) in [5.74, 6) is 0.862. The van der Waals surface area contributed by atoms with Crippen molar-refractivity contribution < 1.29 is 4.74 Å². The summed E-state index contributed by atoms with van der Waals surface area (Å²) in [6.45, 7) is 0. The van der Waals surface area contributed by atoms with Gasteiger partial charge in [-0.05, 0) is 29.7 Å². The lowest BCUT2D eigenvalue weighted by Crippen LogP contribution is -2.18. The highest BCUT2D eigenvalue weighted by atomic mass is 32.2. The van der Waals surface area contributed by atoms with Crippen LogP contribution < -0.4 is 10.5 Å². The van der Waals surface area contributed by atoms with Crippen molar-refractivity contribution in [2.24, 2.45) is 10.7 Å². The van der Waals surface area contributed by atoms with Gasteiger partial charge in [0.25, 0.3) is 0 Å². The van der Waals surface area contributed by atoms with Crippen LogP contribution >= 0.6 is 11.8 Å². The molecule has 1 heterocycles. The molecule has 2 atom stereocenters. The summed E-state index contributed by atoms with van der Waals surface area (Å²) >= 11 is 1.65. The Morgan fingerprint density at radius 2 is 1.76 bits per heavy atom. The van der Waals surface area contributed by atoms with Gasteiger partial charge in [0.1, 0.15) is 5.75 Å². The minimum absolute atomic E-state index is 0.113. The lowest BCUT2D eigenvalue weighted by Gasteiger charge is -2.26. The van der Waals surface area contributed by atoms with Gasteiger partial charge in [0.05, 0.1) is 13.2 Å². The summed E-state index contributed by atoms with van der Waals surface area (Å²) in [6.07, 6.45) is 0.960. The molecule has 3 nitrogen and oxygen atoms in total. The number of hydrogen-bond acceptors (Lipinski definition) is 4. The van der Waals surface area contributed by atoms with Gasteiger partial charge in [0.15, 0.2) is 5.17 Å². The number of ether oxygens (including phenoxy) is 1. The smallest absolute Gasteiger partial charge is 0.155 e. The normalized spacial score (nSPS) is 21.7. The molecule has 1 aliphatic rings. The predicted molar refractivity (Wildman–Crippen MR) is 88.7 cm³/mol. The molecular formula is C17H18N2OS. The molecule has 0 radical (unpaired) electrons. The van der Waals surface area contributed by atoms with Crippen LogP contribution in [0, 0.1) is 0 Å². The van der Waals surface area contributed by atoms with E-state index in [1.54, 1.807) is 18.9 Å². The van der Waals surface area contributed by atoms with Crippen LogP contribution in [-0.4, -0.2) is 12.3 Å². The van der Waals surface area contributed by atoms with Crippen molar-refractivity contribution >= 4 is 16.9 Å². The zero-order chi connectivity index (χ0) is 14.7. The van der Waals surface area contributed by atoms with E-state index in [1.165, 1.54) is 11.1 Å². The Morgan fingerprint density at radius 1 is 1.05 bits per heavy atom. The first-order chi connectivity index (χ1) is 10.3. The highest BCUT2D eigenvalue weighted by molar-refractivity contribution is 8.14. The summed E-state index contributed by atoms with van der Waals surface area (Å²) in [4.78, 5) is 4.60. The van der Waals surface area contributed by atoms with Gasteiger partial charge >= 0.3 is 0 Å². The summed E-state index contributed by atoms with van der Waals surface area (Å²) in [7, 11) is 1.67. The third-order valence-electron chi connectivity index (χ3n) is 3.66. The number of rotatable bonds is 3. The van der Waals surface area contributed by atoms with Crippen LogP contribution in [0.2, 0.25) is 0 Å². The second-order valence-corrected chi connectivity index (χ2v) is 6.23. The quantitative estimate of drug-likeness (QED) is 0.934. The Morgan fingerprint density at radius 3 is 2.43 bits per heavy atom. The molecule has 2 aromatic carbocycles. The van der Waals surface area contributed by atoms with Crippen molar-refractivity contribution in [2.45, 2.75) is 17.7 Å². The van der Waals surface area contributed by atoms with E-state index in [0.29, 0.717) is 10.4 Å². The van der Waals surface area contributed by atoms with Crippen molar-refractivity contribution in [2.75, 3.05) is 7.11 Å². The molecule has 4 heteroatoms. The SMILES string of the molecule is COc1ccc([C@H]2C[C@@H](c3ccccc3)SC(N)=N2)cc1. The molecule has 0 aromatic heterocycles. The molecule has 3 rings (SSSR count). The van der Waals surface area contributed by atoms with Crippen molar-refractivity contribution in [3.63, 3.8) is 0 Å². The van der Waals surface area contributed by atoms with Gasteiger partial charge in [-0.3, -0.25) is 4.99 Å². The number of amidine groups is 1. The third-order valence-corrected chi connectivity index (χ3v) is 4.75. The molecule has 0 saturated carbocycles. The van der Waals surface area contributed by atoms with E-state index in [0.717, 1.165) is 12.2 Å². The Balaban J connectivity index is 1.84. The molecule has 2 N–H and O–H groups in total. The van der Waals surface area contributed by atoms with Gasteiger partial charge in [-0.2, -0.15) is 0 Å². The largest absolute Gasteiger partial charge is 0.497 e. The number of methoxy groups -OCH3 is 1. The van der Waals surface area contributed by atoms with Crippen LogP contribution in [0.25, 0.3) is 0 Å². The standard InChI is InChI=1S/C17H18N2OS/c1-20-14-9-7-12(8-10-14)15-11-16(21-17(18)19-15)13-5-3-2-4-6-13/h2-10,15-16H,11H2,1H3,(H2,18,19)/t15-,16+/m1/s1. The zero-order valence-corrected chi connectivity index (χ0v) is 12.7. The first kappa shape index (κ1) is 14.0. The topological polar surface area (TPSA) is 47.6 Å². The molecule has 0 spiro atoms. The molecule has 0 bridgehead atoms. The van der Waals surface area contributed by atoms with Gasteiger partial charge in [0, 0.05) is 5.25 Å². The number of hydrogen-bond donors (Lipinski definition) is 1. The van der Waals surface area contributed by atoms with Crippen molar-refractivity contribution in [1.82, 2.24) is 0 Å². The number of nitrogens with two attached hydrogens (primary N) is 1. The van der Waals surface area contributed by atoms with Crippen LogP contribution in [-0.2, 0) is 0 Å². The van der Waals surface area contributed by atoms with Crippen LogP contribution in [0.4, 0.5) is 0 Å². The average molecular weight is 298 g/mol. The van der Waals surface area contributed by atoms with Crippen LogP contribution in [0.5, 0.6) is 5.75 Å². The van der Waals surface area contributed by atoms with Crippen LogP contribution in [0.1, 0.15) is 28.8 Å². The summed E-state index contributed by atoms with van der Waals surface area (Å²) in [5, 5.41) is 1.02. The fraction of sp³-hybridized carbons (Fsp3) is 0.235. The molecular weight excluding hydrogens is 280 g/mol. The highest BCUT2D eigenvalue weighted by Crippen LogP contribution is 2.42. The maximum absolute atomic E-state index is 6.03. The molecule has 0 fully saturated rings. The van der Waals surface area contributed by atoms with Gasteiger partial charge in [0.2, 0.25) is 0 Å². The van der Waals surface area contributed by atoms with Crippen LogP contribution in [0.3, 0.4) is 0 Å². The molecule has 0 aliphatic carbocycles. The fourth-order valence-corrected chi connectivity index (χ4v) is 3.59. The van der Waals surface area contributed by atoms with E-state index in [-0.39, 0.29) is 6.04 Å². The number of thioether (sulfide) groups is 1. The molecule has 108 valence electrons. The Labute approximate surface area is 129 Å². The molecule has 1 aliphatic heterocycles. The van der Waals surface area contributed by atoms with Gasteiger partial charge in [-0.1, -0.05) is 54.2 Å². The third kappa shape index (κ3) is 3.22. The van der Waals surface area contributed by atoms with Gasteiger partial charge < -0.3 is 10.5 Å². The summed E-state index contributed by atoms with van der Waals surface area (Å²) in [5.41, 5.74) is 8.52. The minimum Gasteiger partial charge on any atom is -0.497 e. The second-order valence-electron chi connectivity index (χ2n) is 5.01. The maximum Gasteiger partial charge on any atom is 0.155 e. The second kappa shape index (κ2) is 6.22. The summed E-state index contributed by atoms with van der Waals surface area (Å²) in [6, 6.07) is 18.7. The highest BCUT2D eigenvalue weighted by Gasteiger charge is 2.25. The predicted octanol–water partition coefficient (Wildman–Crippen LogP) is 3.93. The molecule has 0 saturated heterocycles. The van der Waals surface area contributed by atoms with E-state index >= 15 is 0 Å². The van der Waals surface area contributed by atoms with E-state index in [2.05, 4.69) is 41.4 Å².